The first-order chi connectivity index (χ1) is 16.8. The largest absolute Gasteiger partial charge is 0.768 e. The van der Waals surface area contributed by atoms with Crippen molar-refractivity contribution in [1.82, 2.24) is 4.90 Å². The molecule has 2 rings (SSSR count). The van der Waals surface area contributed by atoms with E-state index in [1.165, 1.54) is 30.1 Å². The zero-order valence-electron chi connectivity index (χ0n) is 21.4. The zero-order valence-corrected chi connectivity index (χ0v) is 22.2. The Kier molecular flexibility index (Phi) is 10.7. The van der Waals surface area contributed by atoms with Gasteiger partial charge in [0.15, 0.2) is 0 Å². The van der Waals surface area contributed by atoms with Crippen molar-refractivity contribution in [2.75, 3.05) is 12.4 Å². The summed E-state index contributed by atoms with van der Waals surface area (Å²) in [7, 11) is -0.00999. The summed E-state index contributed by atoms with van der Waals surface area (Å²) in [6.45, 7) is 7.19. The molecule has 0 aromatic heterocycles. The average molecular weight is 517 g/mol. The third kappa shape index (κ3) is 9.05. The Hall–Kier alpha value is -2.73. The number of amides is 2. The molecule has 2 amide bonds. The Labute approximate surface area is 215 Å². The van der Waals surface area contributed by atoms with E-state index < -0.39 is 29.9 Å². The molecule has 9 nitrogen and oxygen atoms in total. The maximum Gasteiger partial charge on any atom is 0.488 e. The lowest BCUT2D eigenvalue weighted by Gasteiger charge is -2.25. The van der Waals surface area contributed by atoms with Gasteiger partial charge in [-0.05, 0) is 91.5 Å². The summed E-state index contributed by atoms with van der Waals surface area (Å²) in [5, 5.41) is 21.5. The van der Waals surface area contributed by atoms with Gasteiger partial charge in [-0.1, -0.05) is 25.1 Å². The molecule has 1 unspecified atom stereocenters. The van der Waals surface area contributed by atoms with E-state index in [9.17, 15) is 28.4 Å². The Morgan fingerprint density at radius 3 is 2.39 bits per heavy atom. The number of anilines is 1. The predicted molar refractivity (Wildman–Crippen MR) is 139 cm³/mol. The third-order valence-corrected chi connectivity index (χ3v) is 6.15. The normalized spacial score (nSPS) is 12.1. The van der Waals surface area contributed by atoms with Crippen LogP contribution in [0.1, 0.15) is 57.2 Å². The van der Waals surface area contributed by atoms with Gasteiger partial charge in [0.2, 0.25) is 5.91 Å². The molecule has 0 aliphatic carbocycles. The van der Waals surface area contributed by atoms with Gasteiger partial charge in [-0.15, -0.1) is 0 Å². The van der Waals surface area contributed by atoms with Crippen molar-refractivity contribution >= 4 is 41.3 Å². The minimum absolute atomic E-state index is 0.0136. The fourth-order valence-electron chi connectivity index (χ4n) is 3.65. The van der Waals surface area contributed by atoms with Crippen LogP contribution >= 0.6 is 0 Å². The van der Waals surface area contributed by atoms with Crippen LogP contribution in [0.5, 0.6) is 0 Å². The smallest absolute Gasteiger partial charge is 0.488 e. The summed E-state index contributed by atoms with van der Waals surface area (Å²) in [5.41, 5.74) is 2.57. The third-order valence-electron chi connectivity index (χ3n) is 5.40. The average Bonchev–Trinajstić information content (AvgIpc) is 2.77. The lowest BCUT2D eigenvalue weighted by Crippen LogP contribution is -2.34. The molecule has 0 fully saturated rings. The van der Waals surface area contributed by atoms with Gasteiger partial charge in [0.25, 0.3) is 0 Å². The molecular formula is C25H34BN2O7S-. The number of ether oxygens (including phenoxy) is 1. The monoisotopic (exact) mass is 517 g/mol. The fourth-order valence-corrected chi connectivity index (χ4v) is 4.16. The molecule has 0 aliphatic rings. The number of nitrogens with zero attached hydrogens (tertiary/aromatic N) is 1. The number of aryl methyl sites for hydroxylation is 2. The second kappa shape index (κ2) is 13.0. The van der Waals surface area contributed by atoms with Gasteiger partial charge < -0.3 is 29.6 Å². The molecule has 11 heteroatoms. The summed E-state index contributed by atoms with van der Waals surface area (Å²) < 4.78 is 28.7. The van der Waals surface area contributed by atoms with Crippen LogP contribution in [0.4, 0.5) is 10.5 Å². The summed E-state index contributed by atoms with van der Waals surface area (Å²) in [4.78, 5) is 26.1. The molecule has 0 saturated carbocycles. The van der Waals surface area contributed by atoms with Crippen molar-refractivity contribution < 1.29 is 33.1 Å². The zero-order chi connectivity index (χ0) is 27.0. The minimum Gasteiger partial charge on any atom is -0.768 e. The summed E-state index contributed by atoms with van der Waals surface area (Å²) in [5.74, 6) is -0.224. The van der Waals surface area contributed by atoms with E-state index in [4.69, 9.17) is 4.74 Å². The van der Waals surface area contributed by atoms with Gasteiger partial charge in [0.1, 0.15) is 5.60 Å². The number of benzene rings is 2. The quantitative estimate of drug-likeness (QED) is 0.325. The van der Waals surface area contributed by atoms with Gasteiger partial charge in [0.05, 0.1) is 0 Å². The summed E-state index contributed by atoms with van der Waals surface area (Å²) in [6.07, 6.45) is 1.62. The first-order valence-corrected chi connectivity index (χ1v) is 12.8. The molecule has 2 aromatic carbocycles. The first-order valence-electron chi connectivity index (χ1n) is 11.7. The van der Waals surface area contributed by atoms with E-state index in [1.807, 2.05) is 13.0 Å². The van der Waals surface area contributed by atoms with Crippen LogP contribution in [0.25, 0.3) is 0 Å². The van der Waals surface area contributed by atoms with E-state index in [0.29, 0.717) is 29.6 Å². The fraction of sp³-hybridized carbons (Fsp3) is 0.440. The molecule has 2 aromatic rings. The molecular weight excluding hydrogens is 483 g/mol. The van der Waals surface area contributed by atoms with Crippen molar-refractivity contribution in [2.45, 2.75) is 70.4 Å². The van der Waals surface area contributed by atoms with Crippen LogP contribution in [0.2, 0.25) is 0 Å². The number of carbonyl (C=O) groups is 2. The molecule has 0 saturated heterocycles. The van der Waals surface area contributed by atoms with E-state index in [-0.39, 0.29) is 23.8 Å². The van der Waals surface area contributed by atoms with Gasteiger partial charge in [-0.25, -0.2) is 4.79 Å². The maximum absolute atomic E-state index is 12.5. The maximum atomic E-state index is 12.5. The second-order valence-electron chi connectivity index (χ2n) is 9.55. The van der Waals surface area contributed by atoms with Crippen molar-refractivity contribution in [1.29, 1.82) is 0 Å². The molecule has 3 N–H and O–H groups in total. The second-order valence-corrected chi connectivity index (χ2v) is 10.5. The van der Waals surface area contributed by atoms with E-state index in [0.717, 1.165) is 17.5 Å². The van der Waals surface area contributed by atoms with E-state index in [1.54, 1.807) is 32.9 Å². The molecule has 0 heterocycles. The molecule has 1 atom stereocenters. The van der Waals surface area contributed by atoms with Gasteiger partial charge in [-0.2, -0.15) is 0 Å². The Morgan fingerprint density at radius 1 is 1.11 bits per heavy atom. The Bertz CT molecular complexity index is 1100. The van der Waals surface area contributed by atoms with Crippen LogP contribution in [0.3, 0.4) is 0 Å². The highest BCUT2D eigenvalue weighted by molar-refractivity contribution is 7.79. The molecule has 0 aliphatic heterocycles. The van der Waals surface area contributed by atoms with Gasteiger partial charge in [0, 0.05) is 30.6 Å². The van der Waals surface area contributed by atoms with Crippen molar-refractivity contribution in [3.05, 3.63) is 53.1 Å². The predicted octanol–water partition coefficient (Wildman–Crippen LogP) is 2.50. The number of hydrogen-bond donors (Lipinski definition) is 3. The molecule has 36 heavy (non-hydrogen) atoms. The van der Waals surface area contributed by atoms with Crippen LogP contribution in [0, 0.1) is 0 Å². The van der Waals surface area contributed by atoms with E-state index in [2.05, 4.69) is 5.32 Å². The van der Waals surface area contributed by atoms with E-state index >= 15 is 0 Å². The Morgan fingerprint density at radius 2 is 1.81 bits per heavy atom. The first kappa shape index (κ1) is 29.5. The van der Waals surface area contributed by atoms with Crippen LogP contribution in [-0.4, -0.2) is 55.5 Å². The highest BCUT2D eigenvalue weighted by atomic mass is 32.2. The number of nitrogens with one attached hydrogen (secondary N) is 1. The highest BCUT2D eigenvalue weighted by Crippen LogP contribution is 2.22. The number of carbonyl (C=O) groups excluding carboxylic acids is 2. The summed E-state index contributed by atoms with van der Waals surface area (Å²) >= 11 is -2.52. The minimum atomic E-state index is -2.52. The number of hydrogen-bond acceptors (Lipinski definition) is 7. The number of rotatable bonds is 10. The van der Waals surface area contributed by atoms with Crippen molar-refractivity contribution in [3.63, 3.8) is 0 Å². The topological polar surface area (TPSA) is 139 Å². The van der Waals surface area contributed by atoms with Crippen molar-refractivity contribution in [3.8, 4) is 0 Å². The van der Waals surface area contributed by atoms with Crippen molar-refractivity contribution in [2.24, 2.45) is 0 Å². The Balaban J connectivity index is 2.03. The van der Waals surface area contributed by atoms with Gasteiger partial charge in [-0.3, -0.25) is 9.00 Å². The molecule has 0 spiro atoms. The standard InChI is InChI=1S/C25H35BN2O7S/c1-6-17-14-20(26(31)32)11-10-18(17)8-7-9-23(29)27-21-12-13-22(36(33)34)19(15-21)16-28(5)24(30)35-25(2,3)4/h10-15,31-32H,6-9,16H2,1-5H3,(H,27,29)(H,33,34)/p-1. The lowest BCUT2D eigenvalue weighted by atomic mass is 9.78. The van der Waals surface area contributed by atoms with Crippen LogP contribution in [-0.2, 0) is 40.0 Å². The molecule has 0 radical (unpaired) electrons. The van der Waals surface area contributed by atoms with Gasteiger partial charge >= 0.3 is 13.2 Å². The highest BCUT2D eigenvalue weighted by Gasteiger charge is 2.21. The SMILES string of the molecule is CCc1cc(B(O)O)ccc1CCCC(=O)Nc1ccc(S(=O)[O-])c(CN(C)C(=O)OC(C)(C)C)c1. The van der Waals surface area contributed by atoms with Crippen LogP contribution in [0.15, 0.2) is 41.3 Å². The lowest BCUT2D eigenvalue weighted by molar-refractivity contribution is -0.116. The summed E-state index contributed by atoms with van der Waals surface area (Å²) in [6, 6.07) is 9.71. The molecule has 196 valence electrons. The molecule has 0 bridgehead atoms. The van der Waals surface area contributed by atoms with Crippen LogP contribution < -0.4 is 10.8 Å².